The van der Waals surface area contributed by atoms with Crippen molar-refractivity contribution in [2.75, 3.05) is 0 Å². The van der Waals surface area contributed by atoms with Crippen LogP contribution < -0.4 is 0 Å². The molecule has 11 atom stereocenters. The van der Waals surface area contributed by atoms with E-state index < -0.39 is 0 Å². The van der Waals surface area contributed by atoms with E-state index >= 15 is 0 Å². The molecule has 0 aliphatic heterocycles. The second-order valence-electron chi connectivity index (χ2n) is 12.8. The standard InChI is InChI=1S/C28H50O2/c1-17(2)27(30)13-6-18(3)25-11-12-26-23-10-9-20-7-8-21(19(4)29)16-24(20)22(23)14-15-28(25,26)5/h17-27,29-30H,6-16H2,1-5H3/t18-,19?,20-,21?,22+,23-,24+,25-,26+,27+,28-/m1/s1. The van der Waals surface area contributed by atoms with Gasteiger partial charge in [0, 0.05) is 0 Å². The molecule has 30 heavy (non-hydrogen) atoms. The Morgan fingerprint density at radius 2 is 1.53 bits per heavy atom. The molecule has 0 saturated heterocycles. The summed E-state index contributed by atoms with van der Waals surface area (Å²) in [4.78, 5) is 0. The molecule has 0 radical (unpaired) electrons. The minimum absolute atomic E-state index is 0.113. The van der Waals surface area contributed by atoms with Crippen LogP contribution in [0, 0.1) is 58.7 Å². The zero-order valence-electron chi connectivity index (χ0n) is 20.5. The average Bonchev–Trinajstić information content (AvgIpc) is 3.08. The maximum absolute atomic E-state index is 10.3. The van der Waals surface area contributed by atoms with E-state index in [1.165, 1.54) is 64.2 Å². The molecule has 4 aliphatic rings. The first-order valence-corrected chi connectivity index (χ1v) is 13.6. The Morgan fingerprint density at radius 3 is 2.23 bits per heavy atom. The maximum atomic E-state index is 10.3. The molecule has 0 bridgehead atoms. The van der Waals surface area contributed by atoms with Crippen molar-refractivity contribution in [3.05, 3.63) is 0 Å². The van der Waals surface area contributed by atoms with Crippen molar-refractivity contribution in [2.24, 2.45) is 58.7 Å². The van der Waals surface area contributed by atoms with Gasteiger partial charge < -0.3 is 10.2 Å². The van der Waals surface area contributed by atoms with Crippen molar-refractivity contribution in [1.82, 2.24) is 0 Å². The molecule has 0 amide bonds. The van der Waals surface area contributed by atoms with Crippen LogP contribution in [0.3, 0.4) is 0 Å². The zero-order chi connectivity index (χ0) is 21.6. The van der Waals surface area contributed by atoms with Gasteiger partial charge in [0.2, 0.25) is 0 Å². The topological polar surface area (TPSA) is 40.5 Å². The van der Waals surface area contributed by atoms with Crippen LogP contribution in [0.1, 0.15) is 105 Å². The molecule has 0 aromatic rings. The largest absolute Gasteiger partial charge is 0.393 e. The first-order valence-electron chi connectivity index (χ1n) is 13.6. The van der Waals surface area contributed by atoms with Gasteiger partial charge in [-0.25, -0.2) is 0 Å². The Morgan fingerprint density at radius 1 is 0.800 bits per heavy atom. The van der Waals surface area contributed by atoms with E-state index in [1.54, 1.807) is 0 Å². The summed E-state index contributed by atoms with van der Waals surface area (Å²) >= 11 is 0. The quantitative estimate of drug-likeness (QED) is 0.505. The number of fused-ring (bicyclic) bond motifs is 5. The van der Waals surface area contributed by atoms with Gasteiger partial charge in [-0.2, -0.15) is 0 Å². The first kappa shape index (κ1) is 23.1. The third kappa shape index (κ3) is 4.14. The highest BCUT2D eigenvalue weighted by Crippen LogP contribution is 2.65. The van der Waals surface area contributed by atoms with E-state index in [0.29, 0.717) is 17.3 Å². The first-order chi connectivity index (χ1) is 14.2. The SMILES string of the molecule is CC(O)C1CC[C@@H]2CC[C@@H]3[C@H](CC[C@]4(C)[C@@H]([C@H](C)CC[C@H](O)C(C)C)CC[C@@H]34)[C@H]2C1. The zero-order valence-corrected chi connectivity index (χ0v) is 20.5. The lowest BCUT2D eigenvalue weighted by Gasteiger charge is -2.57. The molecule has 0 aromatic carbocycles. The number of aliphatic hydroxyl groups is 2. The van der Waals surface area contributed by atoms with Crippen LogP contribution in [0.15, 0.2) is 0 Å². The molecule has 4 saturated carbocycles. The Balaban J connectivity index is 1.43. The van der Waals surface area contributed by atoms with Crippen LogP contribution in [-0.4, -0.2) is 22.4 Å². The second kappa shape index (κ2) is 9.05. The Labute approximate surface area is 186 Å². The van der Waals surface area contributed by atoms with E-state index in [1.807, 2.05) is 6.92 Å². The van der Waals surface area contributed by atoms with E-state index in [0.717, 1.165) is 47.8 Å². The molecular weight excluding hydrogens is 368 g/mol. The van der Waals surface area contributed by atoms with Crippen LogP contribution in [-0.2, 0) is 0 Å². The van der Waals surface area contributed by atoms with Gasteiger partial charge in [-0.05, 0) is 136 Å². The average molecular weight is 419 g/mol. The fourth-order valence-corrected chi connectivity index (χ4v) is 9.24. The van der Waals surface area contributed by atoms with E-state index in [4.69, 9.17) is 0 Å². The Hall–Kier alpha value is -0.0800. The van der Waals surface area contributed by atoms with Crippen molar-refractivity contribution in [1.29, 1.82) is 0 Å². The van der Waals surface area contributed by atoms with Gasteiger partial charge in [0.05, 0.1) is 12.2 Å². The molecule has 174 valence electrons. The fraction of sp³-hybridized carbons (Fsp3) is 1.00. The highest BCUT2D eigenvalue weighted by atomic mass is 16.3. The summed E-state index contributed by atoms with van der Waals surface area (Å²) in [5, 5.41) is 20.6. The van der Waals surface area contributed by atoms with Crippen molar-refractivity contribution in [3.63, 3.8) is 0 Å². The summed E-state index contributed by atoms with van der Waals surface area (Å²) in [5.41, 5.74) is 0.536. The maximum Gasteiger partial charge on any atom is 0.0563 e. The third-order valence-electron chi connectivity index (χ3n) is 11.1. The normalized spacial score (nSPS) is 46.6. The Bertz CT molecular complexity index is 571. The van der Waals surface area contributed by atoms with Gasteiger partial charge in [-0.3, -0.25) is 0 Å². The lowest BCUT2D eigenvalue weighted by Crippen LogP contribution is -2.49. The summed E-state index contributed by atoms with van der Waals surface area (Å²) in [5.74, 6) is 7.24. The lowest BCUT2D eigenvalue weighted by molar-refractivity contribution is -0.0829. The minimum Gasteiger partial charge on any atom is -0.393 e. The van der Waals surface area contributed by atoms with Crippen LogP contribution in [0.5, 0.6) is 0 Å². The summed E-state index contributed by atoms with van der Waals surface area (Å²) in [7, 11) is 0. The highest BCUT2D eigenvalue weighted by Gasteiger charge is 2.57. The van der Waals surface area contributed by atoms with Crippen LogP contribution in [0.2, 0.25) is 0 Å². The number of aliphatic hydroxyl groups excluding tert-OH is 2. The van der Waals surface area contributed by atoms with Crippen molar-refractivity contribution in [2.45, 2.75) is 117 Å². The number of hydrogen-bond donors (Lipinski definition) is 2. The van der Waals surface area contributed by atoms with E-state index in [-0.39, 0.29) is 12.2 Å². The third-order valence-corrected chi connectivity index (χ3v) is 11.1. The molecule has 2 N–H and O–H groups in total. The molecule has 4 fully saturated rings. The summed E-state index contributed by atoms with van der Waals surface area (Å²) in [6, 6.07) is 0. The number of rotatable bonds is 6. The van der Waals surface area contributed by atoms with Gasteiger partial charge in [0.1, 0.15) is 0 Å². The van der Waals surface area contributed by atoms with Crippen molar-refractivity contribution in [3.8, 4) is 0 Å². The summed E-state index contributed by atoms with van der Waals surface area (Å²) in [6.07, 6.45) is 14.6. The lowest BCUT2D eigenvalue weighted by atomic mass is 9.48. The molecule has 4 aliphatic carbocycles. The molecule has 4 rings (SSSR count). The number of hydrogen-bond acceptors (Lipinski definition) is 2. The van der Waals surface area contributed by atoms with Gasteiger partial charge >= 0.3 is 0 Å². The minimum atomic E-state index is -0.128. The predicted octanol–water partition coefficient (Wildman–Crippen LogP) is 6.69. The Kier molecular flexibility index (Phi) is 6.96. The monoisotopic (exact) mass is 418 g/mol. The molecular formula is C28H50O2. The molecule has 2 heteroatoms. The molecule has 2 nitrogen and oxygen atoms in total. The summed E-state index contributed by atoms with van der Waals surface area (Å²) in [6.45, 7) is 11.5. The molecule has 2 unspecified atom stereocenters. The molecule has 0 heterocycles. The smallest absolute Gasteiger partial charge is 0.0563 e. The molecule has 0 spiro atoms. The fourth-order valence-electron chi connectivity index (χ4n) is 9.24. The van der Waals surface area contributed by atoms with Crippen molar-refractivity contribution < 1.29 is 10.2 Å². The predicted molar refractivity (Wildman–Crippen MR) is 125 cm³/mol. The molecule has 0 aromatic heterocycles. The van der Waals surface area contributed by atoms with Crippen molar-refractivity contribution >= 4 is 0 Å². The second-order valence-corrected chi connectivity index (χ2v) is 12.8. The van der Waals surface area contributed by atoms with Gasteiger partial charge in [-0.15, -0.1) is 0 Å². The van der Waals surface area contributed by atoms with E-state index in [9.17, 15) is 10.2 Å². The van der Waals surface area contributed by atoms with E-state index in [2.05, 4.69) is 27.7 Å². The van der Waals surface area contributed by atoms with Gasteiger partial charge in [-0.1, -0.05) is 27.7 Å². The van der Waals surface area contributed by atoms with Gasteiger partial charge in [0.15, 0.2) is 0 Å². The summed E-state index contributed by atoms with van der Waals surface area (Å²) < 4.78 is 0. The van der Waals surface area contributed by atoms with Gasteiger partial charge in [0.25, 0.3) is 0 Å². The van der Waals surface area contributed by atoms with Crippen LogP contribution in [0.4, 0.5) is 0 Å². The van der Waals surface area contributed by atoms with Crippen LogP contribution >= 0.6 is 0 Å². The van der Waals surface area contributed by atoms with Crippen LogP contribution in [0.25, 0.3) is 0 Å². The highest BCUT2D eigenvalue weighted by molar-refractivity contribution is 5.07.